The number of benzene rings is 1. The van der Waals surface area contributed by atoms with Crippen molar-refractivity contribution >= 4 is 11.6 Å². The lowest BCUT2D eigenvalue weighted by atomic mass is 9.83. The molecule has 1 rings (SSSR count). The normalized spacial score (nSPS) is 12.7. The number of halogens is 1. The fourth-order valence-corrected chi connectivity index (χ4v) is 3.11. The Morgan fingerprint density at radius 3 is 2.32 bits per heavy atom. The van der Waals surface area contributed by atoms with Crippen molar-refractivity contribution in [1.29, 1.82) is 0 Å². The van der Waals surface area contributed by atoms with Crippen LogP contribution in [-0.4, -0.2) is 19.7 Å². The van der Waals surface area contributed by atoms with E-state index in [1.165, 1.54) is 5.56 Å². The Morgan fingerprint density at radius 2 is 1.82 bits per heavy atom. The molecule has 1 unspecified atom stereocenters. The zero-order valence-electron chi connectivity index (χ0n) is 14.4. The summed E-state index contributed by atoms with van der Waals surface area (Å²) in [5, 5.41) is 0.842. The lowest BCUT2D eigenvalue weighted by Gasteiger charge is -2.26. The summed E-state index contributed by atoms with van der Waals surface area (Å²) in [4.78, 5) is 0. The third-order valence-corrected chi connectivity index (χ3v) is 4.92. The van der Waals surface area contributed by atoms with E-state index in [1.807, 2.05) is 6.92 Å². The van der Waals surface area contributed by atoms with Crippen LogP contribution in [0.4, 0.5) is 0 Å². The van der Waals surface area contributed by atoms with Gasteiger partial charge in [0.15, 0.2) is 0 Å². The van der Waals surface area contributed by atoms with Gasteiger partial charge in [-0.1, -0.05) is 25.4 Å². The summed E-state index contributed by atoms with van der Waals surface area (Å²) in [5.74, 6) is 1.69. The molecular weight excluding hydrogens is 296 g/mol. The SMILES string of the molecule is CCCOc1cc(C)c(Cl)c(C)c1C(CC)CC(CN)CN. The molecule has 0 fully saturated rings. The fourth-order valence-electron chi connectivity index (χ4n) is 2.96. The molecule has 126 valence electrons. The van der Waals surface area contributed by atoms with E-state index in [0.717, 1.165) is 47.8 Å². The van der Waals surface area contributed by atoms with Gasteiger partial charge in [0.1, 0.15) is 5.75 Å². The minimum Gasteiger partial charge on any atom is -0.493 e. The summed E-state index contributed by atoms with van der Waals surface area (Å²) in [7, 11) is 0. The molecule has 4 heteroatoms. The first kappa shape index (κ1) is 19.3. The Morgan fingerprint density at radius 1 is 1.18 bits per heavy atom. The van der Waals surface area contributed by atoms with E-state index in [2.05, 4.69) is 26.8 Å². The van der Waals surface area contributed by atoms with Gasteiger partial charge in [0.2, 0.25) is 0 Å². The molecule has 1 aromatic rings. The fraction of sp³-hybridized carbons (Fsp3) is 0.667. The molecular formula is C18H31ClN2O. The Bertz CT molecular complexity index is 473. The van der Waals surface area contributed by atoms with Gasteiger partial charge in [-0.05, 0) is 75.2 Å². The van der Waals surface area contributed by atoms with Gasteiger partial charge in [-0.15, -0.1) is 0 Å². The Balaban J connectivity index is 3.24. The average molecular weight is 327 g/mol. The summed E-state index contributed by atoms with van der Waals surface area (Å²) < 4.78 is 6.01. The lowest BCUT2D eigenvalue weighted by molar-refractivity contribution is 0.308. The van der Waals surface area contributed by atoms with Crippen LogP contribution in [0.1, 0.15) is 55.7 Å². The molecule has 0 heterocycles. The van der Waals surface area contributed by atoms with Gasteiger partial charge in [0, 0.05) is 10.6 Å². The van der Waals surface area contributed by atoms with Gasteiger partial charge in [-0.25, -0.2) is 0 Å². The van der Waals surface area contributed by atoms with Gasteiger partial charge in [-0.3, -0.25) is 0 Å². The van der Waals surface area contributed by atoms with Crippen LogP contribution >= 0.6 is 11.6 Å². The third-order valence-electron chi connectivity index (χ3n) is 4.34. The first-order chi connectivity index (χ1) is 10.5. The van der Waals surface area contributed by atoms with Crippen LogP contribution in [-0.2, 0) is 0 Å². The molecule has 0 saturated heterocycles. The maximum atomic E-state index is 6.49. The van der Waals surface area contributed by atoms with E-state index >= 15 is 0 Å². The van der Waals surface area contributed by atoms with E-state index in [9.17, 15) is 0 Å². The van der Waals surface area contributed by atoms with Crippen molar-refractivity contribution in [3.05, 3.63) is 27.8 Å². The second-order valence-corrected chi connectivity index (χ2v) is 6.45. The van der Waals surface area contributed by atoms with Crippen LogP contribution in [0.5, 0.6) is 5.75 Å². The molecule has 0 aliphatic carbocycles. The second kappa shape index (κ2) is 9.39. The highest BCUT2D eigenvalue weighted by Crippen LogP contribution is 2.40. The molecule has 0 bridgehead atoms. The Kier molecular flexibility index (Phi) is 8.23. The Hall–Kier alpha value is -0.770. The second-order valence-electron chi connectivity index (χ2n) is 6.07. The van der Waals surface area contributed by atoms with E-state index in [0.29, 0.717) is 24.9 Å². The highest BCUT2D eigenvalue weighted by atomic mass is 35.5. The standard InChI is InChI=1S/C18H31ClN2O/c1-5-7-22-16-8-12(3)18(19)13(4)17(16)15(6-2)9-14(10-20)11-21/h8,14-15H,5-7,9-11,20-21H2,1-4H3. The van der Waals surface area contributed by atoms with Crippen LogP contribution in [0.25, 0.3) is 0 Å². The van der Waals surface area contributed by atoms with Gasteiger partial charge in [0.25, 0.3) is 0 Å². The number of hydrogen-bond acceptors (Lipinski definition) is 3. The van der Waals surface area contributed by atoms with Crippen molar-refractivity contribution in [1.82, 2.24) is 0 Å². The van der Waals surface area contributed by atoms with E-state index in [4.69, 9.17) is 27.8 Å². The van der Waals surface area contributed by atoms with Crippen molar-refractivity contribution in [2.75, 3.05) is 19.7 Å². The van der Waals surface area contributed by atoms with Crippen molar-refractivity contribution in [2.45, 2.75) is 52.9 Å². The summed E-state index contributed by atoms with van der Waals surface area (Å²) in [6.45, 7) is 10.4. The molecule has 0 spiro atoms. The van der Waals surface area contributed by atoms with Gasteiger partial charge < -0.3 is 16.2 Å². The zero-order chi connectivity index (χ0) is 16.7. The molecule has 22 heavy (non-hydrogen) atoms. The average Bonchev–Trinajstić information content (AvgIpc) is 2.53. The number of rotatable bonds is 9. The summed E-state index contributed by atoms with van der Waals surface area (Å²) in [6.07, 6.45) is 3.00. The molecule has 0 radical (unpaired) electrons. The zero-order valence-corrected chi connectivity index (χ0v) is 15.2. The van der Waals surface area contributed by atoms with Crippen LogP contribution in [0, 0.1) is 19.8 Å². The number of nitrogens with two attached hydrogens (primary N) is 2. The Labute approximate surface area is 140 Å². The predicted octanol–water partition coefficient (Wildman–Crippen LogP) is 4.16. The van der Waals surface area contributed by atoms with Gasteiger partial charge >= 0.3 is 0 Å². The van der Waals surface area contributed by atoms with Crippen LogP contribution in [0.15, 0.2) is 6.07 Å². The first-order valence-electron chi connectivity index (χ1n) is 8.32. The maximum Gasteiger partial charge on any atom is 0.123 e. The molecule has 1 atom stereocenters. The minimum atomic E-state index is 0.337. The first-order valence-corrected chi connectivity index (χ1v) is 8.70. The van der Waals surface area contributed by atoms with E-state index in [-0.39, 0.29) is 0 Å². The molecule has 0 aliphatic rings. The number of hydrogen-bond donors (Lipinski definition) is 2. The molecule has 0 aromatic heterocycles. The van der Waals surface area contributed by atoms with Crippen molar-refractivity contribution in [3.8, 4) is 5.75 Å². The number of ether oxygens (including phenoxy) is 1. The lowest BCUT2D eigenvalue weighted by Crippen LogP contribution is -2.25. The summed E-state index contributed by atoms with van der Waals surface area (Å²) in [6, 6.07) is 2.07. The van der Waals surface area contributed by atoms with Crippen molar-refractivity contribution in [3.63, 3.8) is 0 Å². The molecule has 3 nitrogen and oxygen atoms in total. The van der Waals surface area contributed by atoms with E-state index in [1.54, 1.807) is 0 Å². The molecule has 0 aliphatic heterocycles. The van der Waals surface area contributed by atoms with Gasteiger partial charge in [-0.2, -0.15) is 0 Å². The van der Waals surface area contributed by atoms with Crippen LogP contribution in [0.3, 0.4) is 0 Å². The quantitative estimate of drug-likeness (QED) is 0.716. The monoisotopic (exact) mass is 326 g/mol. The predicted molar refractivity (Wildman–Crippen MR) is 96.0 cm³/mol. The highest BCUT2D eigenvalue weighted by Gasteiger charge is 2.23. The maximum absolute atomic E-state index is 6.49. The molecule has 4 N–H and O–H groups in total. The number of aryl methyl sites for hydroxylation is 1. The summed E-state index contributed by atoms with van der Waals surface area (Å²) >= 11 is 6.49. The van der Waals surface area contributed by atoms with Crippen molar-refractivity contribution < 1.29 is 4.74 Å². The minimum absolute atomic E-state index is 0.337. The molecule has 1 aromatic carbocycles. The molecule has 0 amide bonds. The third kappa shape index (κ3) is 4.61. The molecule has 0 saturated carbocycles. The largest absolute Gasteiger partial charge is 0.493 e. The topological polar surface area (TPSA) is 61.3 Å². The smallest absolute Gasteiger partial charge is 0.123 e. The summed E-state index contributed by atoms with van der Waals surface area (Å²) in [5.41, 5.74) is 15.1. The van der Waals surface area contributed by atoms with Crippen LogP contribution < -0.4 is 16.2 Å². The van der Waals surface area contributed by atoms with E-state index < -0.39 is 0 Å². The highest BCUT2D eigenvalue weighted by molar-refractivity contribution is 6.32. The van der Waals surface area contributed by atoms with Crippen molar-refractivity contribution in [2.24, 2.45) is 17.4 Å². The van der Waals surface area contributed by atoms with Crippen LogP contribution in [0.2, 0.25) is 5.02 Å². The van der Waals surface area contributed by atoms with Gasteiger partial charge in [0.05, 0.1) is 6.61 Å².